The standard InChI is InChI=1S/C14H14N4OS4/c1-3-18(12-15-9-6-4-5-7-10(9)22-12)11(19)8-21-14-17-16-13(20-2)23-14/h4-7H,3,8H2,1-2H3. The van der Waals surface area contributed by atoms with Crippen molar-refractivity contribution in [2.75, 3.05) is 23.5 Å². The maximum absolute atomic E-state index is 12.5. The van der Waals surface area contributed by atoms with Crippen LogP contribution in [0, 0.1) is 0 Å². The fraction of sp³-hybridized carbons (Fsp3) is 0.286. The number of carbonyl (C=O) groups excluding carboxylic acids is 1. The molecule has 0 unspecified atom stereocenters. The van der Waals surface area contributed by atoms with Crippen LogP contribution in [0.1, 0.15) is 6.92 Å². The summed E-state index contributed by atoms with van der Waals surface area (Å²) >= 11 is 6.05. The summed E-state index contributed by atoms with van der Waals surface area (Å²) in [4.78, 5) is 18.8. The number of carbonyl (C=O) groups is 1. The van der Waals surface area contributed by atoms with Gasteiger partial charge in [0.15, 0.2) is 13.8 Å². The maximum Gasteiger partial charge on any atom is 0.239 e. The molecule has 23 heavy (non-hydrogen) atoms. The van der Waals surface area contributed by atoms with Gasteiger partial charge in [-0.3, -0.25) is 9.69 Å². The molecule has 9 heteroatoms. The van der Waals surface area contributed by atoms with E-state index in [2.05, 4.69) is 15.2 Å². The Hall–Kier alpha value is -1.16. The second kappa shape index (κ2) is 7.61. The summed E-state index contributed by atoms with van der Waals surface area (Å²) in [6.07, 6.45) is 1.96. The molecule has 0 aliphatic heterocycles. The monoisotopic (exact) mass is 382 g/mol. The highest BCUT2D eigenvalue weighted by molar-refractivity contribution is 8.03. The lowest BCUT2D eigenvalue weighted by Crippen LogP contribution is -2.31. The minimum atomic E-state index is 0.0393. The Bertz CT molecular complexity index is 783. The van der Waals surface area contributed by atoms with Crippen LogP contribution in [0.25, 0.3) is 10.2 Å². The second-order valence-corrected chi connectivity index (χ2v) is 8.69. The summed E-state index contributed by atoms with van der Waals surface area (Å²) in [6, 6.07) is 7.93. The fourth-order valence-electron chi connectivity index (χ4n) is 1.93. The normalized spacial score (nSPS) is 11.0. The van der Waals surface area contributed by atoms with Gasteiger partial charge in [0.1, 0.15) is 0 Å². The molecule has 0 saturated carbocycles. The highest BCUT2D eigenvalue weighted by Gasteiger charge is 2.19. The first-order valence-corrected chi connectivity index (χ1v) is 10.7. The van der Waals surface area contributed by atoms with Crippen molar-refractivity contribution in [2.45, 2.75) is 15.6 Å². The van der Waals surface area contributed by atoms with Crippen LogP contribution < -0.4 is 4.90 Å². The Morgan fingerprint density at radius 3 is 2.70 bits per heavy atom. The molecule has 3 aromatic rings. The Labute approximate surface area is 150 Å². The van der Waals surface area contributed by atoms with E-state index >= 15 is 0 Å². The topological polar surface area (TPSA) is 59.0 Å². The molecule has 0 N–H and O–H groups in total. The largest absolute Gasteiger partial charge is 0.288 e. The lowest BCUT2D eigenvalue weighted by atomic mass is 10.3. The number of thiazole rings is 1. The van der Waals surface area contributed by atoms with Gasteiger partial charge in [0.2, 0.25) is 5.91 Å². The molecule has 0 radical (unpaired) electrons. The van der Waals surface area contributed by atoms with Gasteiger partial charge in [0.25, 0.3) is 0 Å². The summed E-state index contributed by atoms with van der Waals surface area (Å²) in [5.74, 6) is 0.379. The van der Waals surface area contributed by atoms with Gasteiger partial charge >= 0.3 is 0 Å². The Balaban J connectivity index is 1.70. The molecule has 2 heterocycles. The molecule has 0 aliphatic carbocycles. The van der Waals surface area contributed by atoms with Crippen molar-refractivity contribution in [1.82, 2.24) is 15.2 Å². The van der Waals surface area contributed by atoms with Crippen molar-refractivity contribution in [2.24, 2.45) is 0 Å². The van der Waals surface area contributed by atoms with Gasteiger partial charge in [-0.25, -0.2) is 4.98 Å². The molecular weight excluding hydrogens is 368 g/mol. The zero-order chi connectivity index (χ0) is 16.2. The number of fused-ring (bicyclic) bond motifs is 1. The number of amides is 1. The molecule has 0 atom stereocenters. The van der Waals surface area contributed by atoms with Crippen LogP contribution in [0.4, 0.5) is 5.13 Å². The van der Waals surface area contributed by atoms with Gasteiger partial charge in [-0.15, -0.1) is 10.2 Å². The highest BCUT2D eigenvalue weighted by atomic mass is 32.2. The molecule has 0 saturated heterocycles. The molecule has 120 valence electrons. The van der Waals surface area contributed by atoms with Gasteiger partial charge in [-0.05, 0) is 25.3 Å². The molecule has 3 rings (SSSR count). The van der Waals surface area contributed by atoms with Crippen LogP contribution >= 0.6 is 46.2 Å². The Morgan fingerprint density at radius 1 is 1.22 bits per heavy atom. The van der Waals surface area contributed by atoms with E-state index in [0.29, 0.717) is 12.3 Å². The van der Waals surface area contributed by atoms with E-state index in [1.807, 2.05) is 37.4 Å². The van der Waals surface area contributed by atoms with E-state index in [0.717, 1.165) is 24.0 Å². The molecule has 1 aromatic carbocycles. The van der Waals surface area contributed by atoms with E-state index in [1.54, 1.807) is 28.0 Å². The number of benzene rings is 1. The quantitative estimate of drug-likeness (QED) is 0.600. The summed E-state index contributed by atoms with van der Waals surface area (Å²) < 4.78 is 2.83. The predicted molar refractivity (Wildman–Crippen MR) is 100 cm³/mol. The molecule has 1 amide bonds. The lowest BCUT2D eigenvalue weighted by Gasteiger charge is -2.16. The zero-order valence-electron chi connectivity index (χ0n) is 12.6. The number of thioether (sulfide) groups is 2. The summed E-state index contributed by atoms with van der Waals surface area (Å²) in [6.45, 7) is 2.57. The average molecular weight is 383 g/mol. The van der Waals surface area contributed by atoms with E-state index in [-0.39, 0.29) is 5.91 Å². The lowest BCUT2D eigenvalue weighted by molar-refractivity contribution is -0.116. The number of anilines is 1. The van der Waals surface area contributed by atoms with Gasteiger partial charge in [0, 0.05) is 6.54 Å². The summed E-state index contributed by atoms with van der Waals surface area (Å²) in [7, 11) is 0. The molecule has 0 aliphatic rings. The third-order valence-corrected chi connectivity index (χ3v) is 7.09. The Kier molecular flexibility index (Phi) is 5.52. The van der Waals surface area contributed by atoms with E-state index in [9.17, 15) is 4.79 Å². The molecule has 2 aromatic heterocycles. The van der Waals surface area contributed by atoms with Gasteiger partial charge < -0.3 is 0 Å². The number of aromatic nitrogens is 3. The first-order valence-electron chi connectivity index (χ1n) is 6.87. The van der Waals surface area contributed by atoms with Crippen molar-refractivity contribution in [3.8, 4) is 0 Å². The highest BCUT2D eigenvalue weighted by Crippen LogP contribution is 2.30. The fourth-order valence-corrected chi connectivity index (χ4v) is 5.29. The zero-order valence-corrected chi connectivity index (χ0v) is 15.8. The van der Waals surface area contributed by atoms with Crippen LogP contribution in [0.15, 0.2) is 32.9 Å². The van der Waals surface area contributed by atoms with Crippen molar-refractivity contribution >= 4 is 67.5 Å². The number of nitrogens with zero attached hydrogens (tertiary/aromatic N) is 4. The van der Waals surface area contributed by atoms with Crippen LogP contribution in [-0.2, 0) is 4.79 Å². The molecular formula is C14H14N4OS4. The van der Waals surface area contributed by atoms with Gasteiger partial charge in [0.05, 0.1) is 16.0 Å². The summed E-state index contributed by atoms with van der Waals surface area (Å²) in [5, 5.41) is 8.87. The third-order valence-electron chi connectivity index (χ3n) is 3.01. The number of hydrogen-bond donors (Lipinski definition) is 0. The predicted octanol–water partition coefficient (Wildman–Crippen LogP) is 4.01. The maximum atomic E-state index is 12.5. The molecule has 5 nitrogen and oxygen atoms in total. The first-order chi connectivity index (χ1) is 11.2. The molecule has 0 spiro atoms. The number of hydrogen-bond acceptors (Lipinski definition) is 8. The van der Waals surface area contributed by atoms with Crippen LogP contribution in [0.5, 0.6) is 0 Å². The van der Waals surface area contributed by atoms with Crippen molar-refractivity contribution < 1.29 is 4.79 Å². The summed E-state index contributed by atoms with van der Waals surface area (Å²) in [5.41, 5.74) is 0.931. The minimum absolute atomic E-state index is 0.0393. The molecule has 0 bridgehead atoms. The Morgan fingerprint density at radius 2 is 2.00 bits per heavy atom. The van der Waals surface area contributed by atoms with Crippen LogP contribution in [0.2, 0.25) is 0 Å². The van der Waals surface area contributed by atoms with E-state index in [1.165, 1.54) is 23.1 Å². The van der Waals surface area contributed by atoms with Gasteiger partial charge in [-0.2, -0.15) is 0 Å². The SMILES string of the molecule is CCN(C(=O)CSc1nnc(SC)s1)c1nc2ccccc2s1. The average Bonchev–Trinajstić information content (AvgIpc) is 3.20. The van der Waals surface area contributed by atoms with Crippen molar-refractivity contribution in [3.05, 3.63) is 24.3 Å². The van der Waals surface area contributed by atoms with Crippen molar-refractivity contribution in [1.29, 1.82) is 0 Å². The van der Waals surface area contributed by atoms with Crippen LogP contribution in [0.3, 0.4) is 0 Å². The first kappa shape index (κ1) is 16.7. The van der Waals surface area contributed by atoms with E-state index < -0.39 is 0 Å². The van der Waals surface area contributed by atoms with E-state index in [4.69, 9.17) is 0 Å². The van der Waals surface area contributed by atoms with Crippen molar-refractivity contribution in [3.63, 3.8) is 0 Å². The number of rotatable bonds is 6. The van der Waals surface area contributed by atoms with Gasteiger partial charge in [-0.1, -0.05) is 58.3 Å². The smallest absolute Gasteiger partial charge is 0.239 e. The number of para-hydroxylation sites is 1. The molecule has 0 fully saturated rings. The third kappa shape index (κ3) is 3.85. The van der Waals surface area contributed by atoms with Crippen LogP contribution in [-0.4, -0.2) is 39.6 Å². The second-order valence-electron chi connectivity index (χ2n) is 4.43. The minimum Gasteiger partial charge on any atom is -0.288 e.